The summed E-state index contributed by atoms with van der Waals surface area (Å²) in [5, 5.41) is 0. The third kappa shape index (κ3) is 2.99. The Morgan fingerprint density at radius 1 is 0.645 bits per heavy atom. The topological polar surface area (TPSA) is 0 Å². The average Bonchev–Trinajstić information content (AvgIpc) is 2.84. The molecule has 0 saturated heterocycles. The highest BCUT2D eigenvalue weighted by Crippen LogP contribution is 2.46. The number of benzene rings is 2. The molecule has 0 heterocycles. The predicted molar refractivity (Wildman–Crippen MR) is 132 cm³/mol. The summed E-state index contributed by atoms with van der Waals surface area (Å²) in [5.74, 6) is 1.10. The molecule has 6 rings (SSSR count). The number of hydrogen-bond donors (Lipinski definition) is 0. The van der Waals surface area contributed by atoms with E-state index in [0.29, 0.717) is 11.8 Å². The molecule has 4 atom stereocenters. The minimum atomic E-state index is -0.00215. The minimum absolute atomic E-state index is 0.00215. The highest BCUT2D eigenvalue weighted by atomic mass is 14.3. The summed E-state index contributed by atoms with van der Waals surface area (Å²) in [4.78, 5) is 0. The summed E-state index contributed by atoms with van der Waals surface area (Å²) in [7, 11) is 6.68. The molecule has 0 amide bonds. The van der Waals surface area contributed by atoms with E-state index in [1.165, 1.54) is 39.0 Å². The molecule has 0 aliphatic heterocycles. The molecule has 4 aliphatic carbocycles. The first-order chi connectivity index (χ1) is 15.3. The van der Waals surface area contributed by atoms with Crippen molar-refractivity contribution < 1.29 is 0 Å². The molecule has 4 unspecified atom stereocenters. The van der Waals surface area contributed by atoms with Gasteiger partial charge in [-0.1, -0.05) is 115 Å². The third-order valence-electron chi connectivity index (χ3n) is 6.98. The van der Waals surface area contributed by atoms with Gasteiger partial charge in [0.05, 0.1) is 7.85 Å². The third-order valence-corrected chi connectivity index (χ3v) is 6.98. The number of fused-ring (bicyclic) bond motifs is 3. The monoisotopic (exact) mass is 394 g/mol. The Labute approximate surface area is 185 Å². The van der Waals surface area contributed by atoms with Crippen LogP contribution in [0.3, 0.4) is 0 Å². The lowest BCUT2D eigenvalue weighted by Crippen LogP contribution is -2.21. The molecule has 2 aromatic rings. The smallest absolute Gasteiger partial charge is 0.0771 e. The Bertz CT molecular complexity index is 1240. The fourth-order valence-corrected chi connectivity index (χ4v) is 5.44. The van der Waals surface area contributed by atoms with Crippen molar-refractivity contribution in [1.29, 1.82) is 0 Å². The summed E-state index contributed by atoms with van der Waals surface area (Å²) < 4.78 is 0. The zero-order chi connectivity index (χ0) is 20.8. The van der Waals surface area contributed by atoms with E-state index in [-0.39, 0.29) is 11.7 Å². The van der Waals surface area contributed by atoms with Crippen LogP contribution in [0.25, 0.3) is 11.1 Å². The molecule has 0 saturated carbocycles. The molecule has 0 spiro atoms. The van der Waals surface area contributed by atoms with Gasteiger partial charge in [0, 0.05) is 17.8 Å². The maximum absolute atomic E-state index is 6.68. The van der Waals surface area contributed by atoms with E-state index in [4.69, 9.17) is 7.85 Å². The van der Waals surface area contributed by atoms with E-state index < -0.39 is 0 Å². The van der Waals surface area contributed by atoms with Crippen LogP contribution >= 0.6 is 0 Å². The Morgan fingerprint density at radius 2 is 1.35 bits per heavy atom. The number of hydrogen-bond acceptors (Lipinski definition) is 0. The van der Waals surface area contributed by atoms with E-state index >= 15 is 0 Å². The molecule has 0 bridgehead atoms. The van der Waals surface area contributed by atoms with Crippen LogP contribution in [-0.4, -0.2) is 7.85 Å². The normalized spacial score (nSPS) is 27.5. The summed E-state index contributed by atoms with van der Waals surface area (Å²) in [6.45, 7) is 0. The summed E-state index contributed by atoms with van der Waals surface area (Å²) in [5.41, 5.74) is 9.07. The van der Waals surface area contributed by atoms with Gasteiger partial charge in [0.1, 0.15) is 0 Å². The predicted octanol–water partition coefficient (Wildman–Crippen LogP) is 6.77. The standard InChI is InChI=1S/C30H23B/c31-30-27-13-5-3-11-25(27)29(26-12-4-6-14-28(26)30)22-18-16-21(17-19-22)24-15-7-9-20-8-1-2-10-23(20)24/h1-20,23,27,30H. The van der Waals surface area contributed by atoms with E-state index in [2.05, 4.69) is 115 Å². The maximum atomic E-state index is 6.68. The molecule has 0 N–H and O–H groups in total. The van der Waals surface area contributed by atoms with Gasteiger partial charge >= 0.3 is 0 Å². The molecule has 146 valence electrons. The first-order valence-electron chi connectivity index (χ1n) is 11.1. The van der Waals surface area contributed by atoms with Crippen LogP contribution in [0.15, 0.2) is 121 Å². The Hall–Kier alpha value is -3.32. The molecule has 0 fully saturated rings. The van der Waals surface area contributed by atoms with Crippen molar-refractivity contribution in [2.45, 2.75) is 5.82 Å². The van der Waals surface area contributed by atoms with Crippen molar-refractivity contribution in [1.82, 2.24) is 0 Å². The fraction of sp³-hybridized carbons (Fsp3) is 0.133. The zero-order valence-electron chi connectivity index (χ0n) is 17.4. The largest absolute Gasteiger partial charge is 0.0776 e. The first kappa shape index (κ1) is 18.5. The van der Waals surface area contributed by atoms with Crippen LogP contribution in [0.4, 0.5) is 0 Å². The zero-order valence-corrected chi connectivity index (χ0v) is 17.4. The van der Waals surface area contributed by atoms with E-state index in [9.17, 15) is 0 Å². The molecular weight excluding hydrogens is 371 g/mol. The summed E-state index contributed by atoms with van der Waals surface area (Å²) >= 11 is 0. The van der Waals surface area contributed by atoms with Crippen LogP contribution in [0, 0.1) is 17.8 Å². The second kappa shape index (κ2) is 7.43. The van der Waals surface area contributed by atoms with Crippen LogP contribution in [0.5, 0.6) is 0 Å². The number of rotatable bonds is 2. The second-order valence-corrected chi connectivity index (χ2v) is 8.67. The summed E-state index contributed by atoms with van der Waals surface area (Å²) in [6.07, 6.45) is 24.4. The van der Waals surface area contributed by atoms with Crippen LogP contribution in [-0.2, 0) is 0 Å². The molecule has 0 aromatic heterocycles. The van der Waals surface area contributed by atoms with Crippen molar-refractivity contribution in [3.63, 3.8) is 0 Å². The minimum Gasteiger partial charge on any atom is -0.0771 e. The SMILES string of the molecule is [B]C1c2ccccc2C(c2ccc(C3=CC=CC4C=CC=CC34)cc2)=C2C=CC=CC21. The second-order valence-electron chi connectivity index (χ2n) is 8.67. The maximum Gasteiger partial charge on any atom is 0.0776 e. The van der Waals surface area contributed by atoms with Gasteiger partial charge in [0.25, 0.3) is 0 Å². The first-order valence-corrected chi connectivity index (χ1v) is 11.1. The number of allylic oxidation sites excluding steroid dienone is 13. The van der Waals surface area contributed by atoms with E-state index in [0.717, 1.165) is 0 Å². The van der Waals surface area contributed by atoms with Gasteiger partial charge in [-0.3, -0.25) is 0 Å². The lowest BCUT2D eigenvalue weighted by molar-refractivity contribution is 0.678. The lowest BCUT2D eigenvalue weighted by atomic mass is 9.61. The highest BCUT2D eigenvalue weighted by Gasteiger charge is 2.31. The van der Waals surface area contributed by atoms with Crippen LogP contribution < -0.4 is 0 Å². The van der Waals surface area contributed by atoms with Crippen LogP contribution in [0.1, 0.15) is 28.1 Å². The van der Waals surface area contributed by atoms with Gasteiger partial charge in [-0.15, -0.1) is 0 Å². The van der Waals surface area contributed by atoms with Gasteiger partial charge in [-0.2, -0.15) is 0 Å². The molecule has 2 radical (unpaired) electrons. The van der Waals surface area contributed by atoms with Crippen molar-refractivity contribution in [3.8, 4) is 0 Å². The van der Waals surface area contributed by atoms with Crippen molar-refractivity contribution >= 4 is 19.0 Å². The Morgan fingerprint density at radius 3 is 2.26 bits per heavy atom. The van der Waals surface area contributed by atoms with Gasteiger partial charge in [-0.25, -0.2) is 0 Å². The van der Waals surface area contributed by atoms with E-state index in [1.807, 2.05) is 0 Å². The Kier molecular flexibility index (Phi) is 4.42. The van der Waals surface area contributed by atoms with Gasteiger partial charge in [0.15, 0.2) is 0 Å². The Balaban J connectivity index is 1.44. The van der Waals surface area contributed by atoms with E-state index in [1.54, 1.807) is 0 Å². The van der Waals surface area contributed by atoms with Gasteiger partial charge in [-0.05, 0) is 44.8 Å². The van der Waals surface area contributed by atoms with Crippen molar-refractivity contribution in [3.05, 3.63) is 143 Å². The van der Waals surface area contributed by atoms with Gasteiger partial charge < -0.3 is 0 Å². The molecule has 2 aromatic carbocycles. The molecule has 0 nitrogen and oxygen atoms in total. The van der Waals surface area contributed by atoms with Crippen molar-refractivity contribution in [2.24, 2.45) is 17.8 Å². The molecule has 4 aliphatic rings. The molecule has 31 heavy (non-hydrogen) atoms. The summed E-state index contributed by atoms with van der Waals surface area (Å²) in [6, 6.07) is 17.7. The lowest BCUT2D eigenvalue weighted by Gasteiger charge is -2.35. The quantitative estimate of drug-likeness (QED) is 0.494. The van der Waals surface area contributed by atoms with Crippen LogP contribution in [0.2, 0.25) is 0 Å². The highest BCUT2D eigenvalue weighted by molar-refractivity contribution is 6.14. The molecule has 1 heteroatoms. The average molecular weight is 394 g/mol. The van der Waals surface area contributed by atoms with Crippen molar-refractivity contribution in [2.75, 3.05) is 0 Å². The molecular formula is C30H23B. The fourth-order valence-electron chi connectivity index (χ4n) is 5.44. The van der Waals surface area contributed by atoms with Gasteiger partial charge in [0.2, 0.25) is 0 Å².